The summed E-state index contributed by atoms with van der Waals surface area (Å²) in [5.74, 6) is 0.661. The van der Waals surface area contributed by atoms with Crippen molar-refractivity contribution in [1.29, 1.82) is 0 Å². The fourth-order valence-electron chi connectivity index (χ4n) is 1.64. The molecule has 1 aromatic carbocycles. The lowest BCUT2D eigenvalue weighted by atomic mass is 10.1. The molecule has 0 aliphatic rings. The summed E-state index contributed by atoms with van der Waals surface area (Å²) >= 11 is 0. The molecule has 0 aliphatic carbocycles. The van der Waals surface area contributed by atoms with Gasteiger partial charge in [0.1, 0.15) is 11.3 Å². The van der Waals surface area contributed by atoms with E-state index in [1.165, 1.54) is 0 Å². The second-order valence-electron chi connectivity index (χ2n) is 3.34. The van der Waals surface area contributed by atoms with E-state index in [9.17, 15) is 4.79 Å². The minimum atomic E-state index is -0.137. The van der Waals surface area contributed by atoms with Crippen molar-refractivity contribution in [2.24, 2.45) is 5.73 Å². The van der Waals surface area contributed by atoms with E-state index in [1.54, 1.807) is 7.11 Å². The third-order valence-electron chi connectivity index (χ3n) is 2.36. The van der Waals surface area contributed by atoms with Crippen LogP contribution in [0.1, 0.15) is 5.56 Å². The number of methoxy groups -OCH3 is 1. The Kier molecular flexibility index (Phi) is 3.98. The molecule has 0 fully saturated rings. The molecule has 0 unspecified atom stereocenters. The Labute approximate surface area is 98.4 Å². The molecule has 0 aliphatic heterocycles. The molecule has 2 rings (SSSR count). The highest BCUT2D eigenvalue weighted by Gasteiger charge is 2.08. The van der Waals surface area contributed by atoms with Crippen LogP contribution in [-0.4, -0.2) is 23.9 Å². The maximum Gasteiger partial charge on any atom is 0.271 e. The molecule has 0 bridgehead atoms. The molecule has 0 saturated heterocycles. The van der Waals surface area contributed by atoms with Crippen LogP contribution < -0.4 is 16.0 Å². The number of benzene rings is 1. The topological polar surface area (TPSA) is 83.9 Å². The van der Waals surface area contributed by atoms with Crippen LogP contribution in [0.2, 0.25) is 0 Å². The van der Waals surface area contributed by atoms with Crippen LogP contribution in [0.5, 0.6) is 5.75 Å². The third-order valence-corrected chi connectivity index (χ3v) is 2.36. The van der Waals surface area contributed by atoms with Crippen LogP contribution in [0.25, 0.3) is 10.9 Å². The number of hydrogen-bond donors (Lipinski definition) is 3. The van der Waals surface area contributed by atoms with E-state index in [4.69, 9.17) is 10.5 Å². The number of nitrogens with one attached hydrogen (secondary N) is 2. The Balaban J connectivity index is 0.00000128. The van der Waals surface area contributed by atoms with Gasteiger partial charge >= 0.3 is 0 Å². The lowest BCUT2D eigenvalue weighted by Gasteiger charge is -2.04. The molecule has 2 aromatic rings. The number of ether oxygens (including phenoxy) is 1. The van der Waals surface area contributed by atoms with Crippen molar-refractivity contribution in [3.63, 3.8) is 0 Å². The zero-order chi connectivity index (χ0) is 10.8. The lowest BCUT2D eigenvalue weighted by Crippen LogP contribution is -2.04. The minimum Gasteiger partial charge on any atom is -0.494 e. The zero-order valence-corrected chi connectivity index (χ0v) is 9.69. The molecule has 0 radical (unpaired) electrons. The van der Waals surface area contributed by atoms with Crippen LogP contribution in [0, 0.1) is 0 Å². The summed E-state index contributed by atoms with van der Waals surface area (Å²) in [7, 11) is 1.58. The van der Waals surface area contributed by atoms with Gasteiger partial charge in [-0.05, 0) is 30.7 Å². The number of rotatable bonds is 3. The second kappa shape index (κ2) is 5.05. The van der Waals surface area contributed by atoms with E-state index in [-0.39, 0.29) is 18.0 Å². The van der Waals surface area contributed by atoms with E-state index >= 15 is 0 Å². The smallest absolute Gasteiger partial charge is 0.271 e. The first kappa shape index (κ1) is 12.6. The molecule has 88 valence electrons. The minimum absolute atomic E-state index is 0. The van der Waals surface area contributed by atoms with E-state index in [0.717, 1.165) is 12.0 Å². The Hall–Kier alpha value is -1.46. The Morgan fingerprint density at radius 1 is 1.38 bits per heavy atom. The van der Waals surface area contributed by atoms with Gasteiger partial charge in [-0.2, -0.15) is 0 Å². The van der Waals surface area contributed by atoms with Gasteiger partial charge in [-0.15, -0.1) is 12.4 Å². The fourth-order valence-corrected chi connectivity index (χ4v) is 1.64. The zero-order valence-electron chi connectivity index (χ0n) is 8.87. The van der Waals surface area contributed by atoms with E-state index < -0.39 is 0 Å². The van der Waals surface area contributed by atoms with Crippen molar-refractivity contribution in [1.82, 2.24) is 10.2 Å². The number of H-pyrrole nitrogens is 2. The largest absolute Gasteiger partial charge is 0.494 e. The molecule has 0 spiro atoms. The maximum atomic E-state index is 11.4. The van der Waals surface area contributed by atoms with Gasteiger partial charge in [0.2, 0.25) is 0 Å². The third kappa shape index (κ3) is 2.05. The molecule has 1 heterocycles. The Bertz CT molecular complexity index is 532. The first-order valence-corrected chi connectivity index (χ1v) is 4.73. The fraction of sp³-hybridized carbons (Fsp3) is 0.300. The molecule has 6 heteroatoms. The number of halogens is 1. The van der Waals surface area contributed by atoms with Gasteiger partial charge in [0.25, 0.3) is 5.56 Å². The number of hydrogen-bond acceptors (Lipinski definition) is 3. The molecule has 0 amide bonds. The van der Waals surface area contributed by atoms with Crippen LogP contribution in [-0.2, 0) is 6.42 Å². The van der Waals surface area contributed by atoms with E-state index in [1.807, 2.05) is 12.1 Å². The Morgan fingerprint density at radius 2 is 2.12 bits per heavy atom. The lowest BCUT2D eigenvalue weighted by molar-refractivity contribution is 0.418. The van der Waals surface area contributed by atoms with Gasteiger partial charge in [0.05, 0.1) is 12.5 Å². The molecule has 0 atom stereocenters. The summed E-state index contributed by atoms with van der Waals surface area (Å²) in [5, 5.41) is 5.92. The first-order valence-electron chi connectivity index (χ1n) is 4.73. The molecule has 4 N–H and O–H groups in total. The number of aromatic amines is 2. The van der Waals surface area contributed by atoms with Crippen LogP contribution in [0.15, 0.2) is 16.9 Å². The van der Waals surface area contributed by atoms with Gasteiger partial charge in [-0.3, -0.25) is 15.0 Å². The van der Waals surface area contributed by atoms with Gasteiger partial charge in [0, 0.05) is 0 Å². The van der Waals surface area contributed by atoms with Gasteiger partial charge < -0.3 is 10.5 Å². The van der Waals surface area contributed by atoms with Crippen molar-refractivity contribution in [2.75, 3.05) is 13.7 Å². The molecule has 0 saturated carbocycles. The monoisotopic (exact) mass is 243 g/mol. The molecule has 5 nitrogen and oxygen atoms in total. The van der Waals surface area contributed by atoms with Crippen LogP contribution in [0.3, 0.4) is 0 Å². The summed E-state index contributed by atoms with van der Waals surface area (Å²) in [6.07, 6.45) is 0.733. The predicted molar refractivity (Wildman–Crippen MR) is 65.5 cm³/mol. The van der Waals surface area contributed by atoms with Crippen LogP contribution >= 0.6 is 12.4 Å². The van der Waals surface area contributed by atoms with Gasteiger partial charge in [-0.25, -0.2) is 0 Å². The normalized spacial score (nSPS) is 10.1. The predicted octanol–water partition coefficient (Wildman–Crippen LogP) is 0.788. The summed E-state index contributed by atoms with van der Waals surface area (Å²) in [6.45, 7) is 0.553. The van der Waals surface area contributed by atoms with Crippen molar-refractivity contribution < 1.29 is 4.74 Å². The molecular weight excluding hydrogens is 230 g/mol. The van der Waals surface area contributed by atoms with E-state index in [2.05, 4.69) is 10.2 Å². The molecular formula is C10H14ClN3O2. The maximum absolute atomic E-state index is 11.4. The standard InChI is InChI=1S/C10H13N3O2.ClH/c1-15-8-5-6(2-3-11)4-7-9(8)12-13-10(7)14;/h4-5H,2-3,11H2,1H3,(H2,12,13,14);1H. The van der Waals surface area contributed by atoms with Gasteiger partial charge in [0.15, 0.2) is 0 Å². The van der Waals surface area contributed by atoms with Crippen molar-refractivity contribution in [3.8, 4) is 5.75 Å². The highest BCUT2D eigenvalue weighted by Crippen LogP contribution is 2.23. The number of aromatic nitrogens is 2. The highest BCUT2D eigenvalue weighted by atomic mass is 35.5. The quantitative estimate of drug-likeness (QED) is 0.745. The summed E-state index contributed by atoms with van der Waals surface area (Å²) < 4.78 is 5.20. The summed E-state index contributed by atoms with van der Waals surface area (Å²) in [4.78, 5) is 11.4. The second-order valence-corrected chi connectivity index (χ2v) is 3.34. The van der Waals surface area contributed by atoms with Crippen molar-refractivity contribution in [3.05, 3.63) is 28.0 Å². The average molecular weight is 244 g/mol. The Morgan fingerprint density at radius 3 is 2.75 bits per heavy atom. The average Bonchev–Trinajstić information content (AvgIpc) is 2.60. The molecule has 1 aromatic heterocycles. The van der Waals surface area contributed by atoms with Gasteiger partial charge in [-0.1, -0.05) is 0 Å². The highest BCUT2D eigenvalue weighted by molar-refractivity contribution is 5.85. The van der Waals surface area contributed by atoms with E-state index in [0.29, 0.717) is 23.2 Å². The summed E-state index contributed by atoms with van der Waals surface area (Å²) in [5.41, 5.74) is 7.04. The number of fused-ring (bicyclic) bond motifs is 1. The summed E-state index contributed by atoms with van der Waals surface area (Å²) in [6, 6.07) is 3.72. The van der Waals surface area contributed by atoms with Crippen LogP contribution in [0.4, 0.5) is 0 Å². The first-order chi connectivity index (χ1) is 7.26. The SMILES string of the molecule is COc1cc(CCN)cc2c(=O)[nH][nH]c12.Cl. The molecule has 16 heavy (non-hydrogen) atoms. The van der Waals surface area contributed by atoms with Crippen molar-refractivity contribution >= 4 is 23.3 Å². The van der Waals surface area contributed by atoms with Crippen molar-refractivity contribution in [2.45, 2.75) is 6.42 Å². The number of nitrogens with two attached hydrogens (primary N) is 1.